The summed E-state index contributed by atoms with van der Waals surface area (Å²) in [6.45, 7) is 0. The van der Waals surface area contributed by atoms with Gasteiger partial charge in [0.2, 0.25) is 5.91 Å². The third-order valence-corrected chi connectivity index (χ3v) is 1.52. The van der Waals surface area contributed by atoms with Gasteiger partial charge in [-0.25, -0.2) is 4.98 Å². The molecule has 0 fully saturated rings. The molecule has 2 N–H and O–H groups in total. The molecule has 0 aliphatic carbocycles. The molecule has 0 unspecified atom stereocenters. The molecule has 4 heteroatoms. The number of hydrogen-bond acceptors (Lipinski definition) is 3. The molecular weight excluding hydrogens is 180 g/mol. The second-order valence-electron chi connectivity index (χ2n) is 2.68. The number of pyridine rings is 1. The van der Waals surface area contributed by atoms with Crippen LogP contribution in [0.15, 0.2) is 24.3 Å². The highest BCUT2D eigenvalue weighted by molar-refractivity contribution is 5.76. The topological polar surface area (TPSA) is 73.1 Å². The SMILES string of the molecule is NC(=O)CC=Cc1cccc(C=O)n1. The van der Waals surface area contributed by atoms with Crippen molar-refractivity contribution >= 4 is 18.3 Å². The van der Waals surface area contributed by atoms with E-state index in [2.05, 4.69) is 4.98 Å². The molecule has 0 aliphatic heterocycles. The summed E-state index contributed by atoms with van der Waals surface area (Å²) in [5.74, 6) is -0.396. The first kappa shape index (κ1) is 10.1. The number of hydrogen-bond donors (Lipinski definition) is 1. The maximum atomic E-state index is 10.4. The van der Waals surface area contributed by atoms with Crippen molar-refractivity contribution in [1.82, 2.24) is 4.98 Å². The third-order valence-electron chi connectivity index (χ3n) is 1.52. The van der Waals surface area contributed by atoms with Crippen molar-refractivity contribution in [3.63, 3.8) is 0 Å². The van der Waals surface area contributed by atoms with E-state index < -0.39 is 5.91 Å². The summed E-state index contributed by atoms with van der Waals surface area (Å²) in [7, 11) is 0. The average molecular weight is 190 g/mol. The third kappa shape index (κ3) is 3.18. The molecule has 0 saturated heterocycles. The number of rotatable bonds is 4. The molecule has 1 heterocycles. The highest BCUT2D eigenvalue weighted by atomic mass is 16.1. The maximum Gasteiger partial charge on any atom is 0.221 e. The average Bonchev–Trinajstić information content (AvgIpc) is 2.18. The van der Waals surface area contributed by atoms with Crippen molar-refractivity contribution in [1.29, 1.82) is 0 Å². The molecule has 1 aromatic rings. The van der Waals surface area contributed by atoms with E-state index in [-0.39, 0.29) is 6.42 Å². The van der Waals surface area contributed by atoms with Crippen LogP contribution in [0.2, 0.25) is 0 Å². The van der Waals surface area contributed by atoms with Gasteiger partial charge < -0.3 is 5.73 Å². The van der Waals surface area contributed by atoms with Crippen molar-refractivity contribution in [2.45, 2.75) is 6.42 Å². The molecule has 14 heavy (non-hydrogen) atoms. The maximum absolute atomic E-state index is 10.4. The standard InChI is InChI=1S/C10H10N2O2/c11-10(14)6-2-4-8-3-1-5-9(7-13)12-8/h1-5,7H,6H2,(H2,11,14). The second kappa shape index (κ2) is 4.91. The predicted molar refractivity (Wildman–Crippen MR) is 52.5 cm³/mol. The van der Waals surface area contributed by atoms with Gasteiger partial charge in [0.1, 0.15) is 5.69 Å². The number of amides is 1. The number of carbonyl (C=O) groups excluding carboxylic acids is 2. The zero-order valence-electron chi connectivity index (χ0n) is 7.51. The quantitative estimate of drug-likeness (QED) is 0.713. The highest BCUT2D eigenvalue weighted by Gasteiger charge is 1.92. The lowest BCUT2D eigenvalue weighted by Gasteiger charge is -1.93. The van der Waals surface area contributed by atoms with Crippen molar-refractivity contribution in [2.24, 2.45) is 5.73 Å². The van der Waals surface area contributed by atoms with E-state index in [1.807, 2.05) is 0 Å². The van der Waals surface area contributed by atoms with Crippen LogP contribution in [-0.2, 0) is 4.79 Å². The van der Waals surface area contributed by atoms with Crippen molar-refractivity contribution in [2.75, 3.05) is 0 Å². The zero-order valence-corrected chi connectivity index (χ0v) is 7.51. The van der Waals surface area contributed by atoms with Crippen LogP contribution in [0.4, 0.5) is 0 Å². The van der Waals surface area contributed by atoms with E-state index in [1.54, 1.807) is 30.4 Å². The lowest BCUT2D eigenvalue weighted by Crippen LogP contribution is -2.07. The van der Waals surface area contributed by atoms with Crippen LogP contribution in [0.25, 0.3) is 6.08 Å². The van der Waals surface area contributed by atoms with Gasteiger partial charge in [-0.2, -0.15) is 0 Å². The molecule has 4 nitrogen and oxygen atoms in total. The number of primary amides is 1. The Kier molecular flexibility index (Phi) is 3.55. The number of nitrogens with two attached hydrogens (primary N) is 1. The van der Waals surface area contributed by atoms with E-state index in [0.29, 0.717) is 17.7 Å². The molecule has 0 radical (unpaired) electrons. The lowest BCUT2D eigenvalue weighted by atomic mass is 10.2. The fourth-order valence-electron chi connectivity index (χ4n) is 0.923. The van der Waals surface area contributed by atoms with Crippen LogP contribution >= 0.6 is 0 Å². The summed E-state index contributed by atoms with van der Waals surface area (Å²) in [5, 5.41) is 0. The number of carbonyl (C=O) groups is 2. The van der Waals surface area contributed by atoms with Crippen LogP contribution in [0.5, 0.6) is 0 Å². The Labute approximate surface area is 81.4 Å². The normalized spacial score (nSPS) is 10.3. The predicted octanol–water partition coefficient (Wildman–Crippen LogP) is 0.783. The van der Waals surface area contributed by atoms with E-state index in [9.17, 15) is 9.59 Å². The van der Waals surface area contributed by atoms with Crippen LogP contribution in [0.3, 0.4) is 0 Å². The summed E-state index contributed by atoms with van der Waals surface area (Å²) in [5.41, 5.74) is 5.95. The van der Waals surface area contributed by atoms with Gasteiger partial charge in [-0.15, -0.1) is 0 Å². The first-order valence-corrected chi connectivity index (χ1v) is 4.09. The Morgan fingerprint density at radius 1 is 1.43 bits per heavy atom. The van der Waals surface area contributed by atoms with Crippen LogP contribution in [0, 0.1) is 0 Å². The molecule has 72 valence electrons. The first-order valence-electron chi connectivity index (χ1n) is 4.09. The molecule has 1 amide bonds. The summed E-state index contributed by atoms with van der Waals surface area (Å²) >= 11 is 0. The van der Waals surface area contributed by atoms with Gasteiger partial charge in [0.25, 0.3) is 0 Å². The Morgan fingerprint density at radius 3 is 2.79 bits per heavy atom. The fourth-order valence-corrected chi connectivity index (χ4v) is 0.923. The zero-order chi connectivity index (χ0) is 10.4. The van der Waals surface area contributed by atoms with Crippen LogP contribution in [-0.4, -0.2) is 17.2 Å². The fraction of sp³-hybridized carbons (Fsp3) is 0.100. The Bertz CT molecular complexity index is 372. The summed E-state index contributed by atoms with van der Waals surface area (Å²) < 4.78 is 0. The molecule has 0 saturated carbocycles. The van der Waals surface area contributed by atoms with Gasteiger partial charge >= 0.3 is 0 Å². The molecule has 0 aliphatic rings. The van der Waals surface area contributed by atoms with Crippen molar-refractivity contribution in [3.05, 3.63) is 35.7 Å². The number of nitrogens with zero attached hydrogens (tertiary/aromatic N) is 1. The van der Waals surface area contributed by atoms with E-state index >= 15 is 0 Å². The van der Waals surface area contributed by atoms with Crippen molar-refractivity contribution in [3.8, 4) is 0 Å². The van der Waals surface area contributed by atoms with Gasteiger partial charge in [0.05, 0.1) is 5.69 Å². The van der Waals surface area contributed by atoms with E-state index in [4.69, 9.17) is 5.73 Å². The molecule has 0 spiro atoms. The summed E-state index contributed by atoms with van der Waals surface area (Å²) in [6, 6.07) is 5.07. The first-order chi connectivity index (χ1) is 6.72. The Morgan fingerprint density at radius 2 is 2.14 bits per heavy atom. The highest BCUT2D eigenvalue weighted by Crippen LogP contribution is 2.00. The number of aldehydes is 1. The monoisotopic (exact) mass is 190 g/mol. The molecule has 0 bridgehead atoms. The largest absolute Gasteiger partial charge is 0.369 e. The van der Waals surface area contributed by atoms with Crippen molar-refractivity contribution < 1.29 is 9.59 Å². The minimum atomic E-state index is -0.396. The van der Waals surface area contributed by atoms with Crippen LogP contribution in [0.1, 0.15) is 22.6 Å². The number of aromatic nitrogens is 1. The van der Waals surface area contributed by atoms with Gasteiger partial charge in [-0.05, 0) is 18.2 Å². The Balaban J connectivity index is 2.71. The minimum absolute atomic E-state index is 0.174. The van der Waals surface area contributed by atoms with Gasteiger partial charge in [-0.1, -0.05) is 12.1 Å². The van der Waals surface area contributed by atoms with Gasteiger partial charge in [0, 0.05) is 6.42 Å². The molecule has 1 rings (SSSR count). The lowest BCUT2D eigenvalue weighted by molar-refractivity contribution is -0.117. The minimum Gasteiger partial charge on any atom is -0.369 e. The molecular formula is C10H10N2O2. The van der Waals surface area contributed by atoms with Gasteiger partial charge in [0.15, 0.2) is 6.29 Å². The summed E-state index contributed by atoms with van der Waals surface area (Å²) in [4.78, 5) is 24.8. The van der Waals surface area contributed by atoms with Crippen LogP contribution < -0.4 is 5.73 Å². The molecule has 0 aromatic carbocycles. The van der Waals surface area contributed by atoms with Gasteiger partial charge in [-0.3, -0.25) is 9.59 Å². The summed E-state index contributed by atoms with van der Waals surface area (Å²) in [6.07, 6.45) is 4.11. The second-order valence-corrected chi connectivity index (χ2v) is 2.68. The molecule has 1 aromatic heterocycles. The van der Waals surface area contributed by atoms with E-state index in [1.165, 1.54) is 0 Å². The molecule has 0 atom stereocenters. The smallest absolute Gasteiger partial charge is 0.221 e. The van der Waals surface area contributed by atoms with E-state index in [0.717, 1.165) is 0 Å². The Hall–Kier alpha value is -1.97.